The fourth-order valence-corrected chi connectivity index (χ4v) is 2.11. The van der Waals surface area contributed by atoms with Gasteiger partial charge in [-0.05, 0) is 26.0 Å². The summed E-state index contributed by atoms with van der Waals surface area (Å²) in [6.45, 7) is 3.05. The summed E-state index contributed by atoms with van der Waals surface area (Å²) in [4.78, 5) is 47.4. The minimum Gasteiger partial charge on any atom is -0.352 e. The SMILES string of the molecule is CC(C)NC(=O)CNC(=O)Cn1[nH]c(=O)c2ccccc2c1=O. The minimum atomic E-state index is -0.545. The molecule has 1 heterocycles. The molecule has 122 valence electrons. The molecule has 8 heteroatoms. The number of benzene rings is 1. The molecule has 2 amide bonds. The maximum Gasteiger partial charge on any atom is 0.273 e. The summed E-state index contributed by atoms with van der Waals surface area (Å²) in [5.41, 5.74) is -0.924. The van der Waals surface area contributed by atoms with Crippen LogP contribution in [0.3, 0.4) is 0 Å². The van der Waals surface area contributed by atoms with E-state index in [1.54, 1.807) is 26.0 Å². The fourth-order valence-electron chi connectivity index (χ4n) is 2.11. The third kappa shape index (κ3) is 4.06. The number of H-pyrrole nitrogens is 1. The molecule has 2 rings (SSSR count). The Kier molecular flexibility index (Phi) is 4.95. The number of aromatic amines is 1. The maximum absolute atomic E-state index is 12.2. The van der Waals surface area contributed by atoms with Crippen molar-refractivity contribution < 1.29 is 9.59 Å². The van der Waals surface area contributed by atoms with Crippen molar-refractivity contribution in [3.63, 3.8) is 0 Å². The smallest absolute Gasteiger partial charge is 0.273 e. The van der Waals surface area contributed by atoms with Gasteiger partial charge in [-0.15, -0.1) is 0 Å². The Bertz CT molecular complexity index is 850. The highest BCUT2D eigenvalue weighted by Crippen LogP contribution is 2.02. The van der Waals surface area contributed by atoms with Crippen molar-refractivity contribution >= 4 is 22.6 Å². The number of amides is 2. The second kappa shape index (κ2) is 6.91. The first-order chi connectivity index (χ1) is 10.9. The van der Waals surface area contributed by atoms with Crippen molar-refractivity contribution in [2.45, 2.75) is 26.4 Å². The molecule has 0 saturated carbocycles. The summed E-state index contributed by atoms with van der Waals surface area (Å²) in [5.74, 6) is -0.871. The molecule has 3 N–H and O–H groups in total. The van der Waals surface area contributed by atoms with E-state index in [9.17, 15) is 19.2 Å². The van der Waals surface area contributed by atoms with Crippen molar-refractivity contribution in [2.75, 3.05) is 6.54 Å². The summed E-state index contributed by atoms with van der Waals surface area (Å²) in [5, 5.41) is 7.89. The zero-order valence-corrected chi connectivity index (χ0v) is 12.9. The monoisotopic (exact) mass is 318 g/mol. The molecule has 0 fully saturated rings. The lowest BCUT2D eigenvalue weighted by Crippen LogP contribution is -2.42. The van der Waals surface area contributed by atoms with E-state index in [0.29, 0.717) is 0 Å². The molecule has 0 aliphatic heterocycles. The van der Waals surface area contributed by atoms with Gasteiger partial charge < -0.3 is 10.6 Å². The molecule has 0 atom stereocenters. The molecule has 1 aromatic heterocycles. The van der Waals surface area contributed by atoms with E-state index in [0.717, 1.165) is 4.68 Å². The summed E-state index contributed by atoms with van der Waals surface area (Å²) < 4.78 is 0.931. The first kappa shape index (κ1) is 16.5. The maximum atomic E-state index is 12.2. The Morgan fingerprint density at radius 2 is 1.78 bits per heavy atom. The number of carbonyl (C=O) groups is 2. The van der Waals surface area contributed by atoms with Gasteiger partial charge in [0.25, 0.3) is 11.1 Å². The topological polar surface area (TPSA) is 113 Å². The second-order valence-corrected chi connectivity index (χ2v) is 5.38. The highest BCUT2D eigenvalue weighted by Gasteiger charge is 2.11. The Morgan fingerprint density at radius 1 is 1.13 bits per heavy atom. The summed E-state index contributed by atoms with van der Waals surface area (Å²) in [6.07, 6.45) is 0. The van der Waals surface area contributed by atoms with Crippen LogP contribution in [0.2, 0.25) is 0 Å². The van der Waals surface area contributed by atoms with Crippen molar-refractivity contribution in [1.82, 2.24) is 20.4 Å². The highest BCUT2D eigenvalue weighted by atomic mass is 16.2. The quantitative estimate of drug-likeness (QED) is 0.678. The van der Waals surface area contributed by atoms with Crippen molar-refractivity contribution in [2.24, 2.45) is 0 Å². The van der Waals surface area contributed by atoms with Crippen LogP contribution in [0.15, 0.2) is 33.9 Å². The van der Waals surface area contributed by atoms with Gasteiger partial charge >= 0.3 is 0 Å². The van der Waals surface area contributed by atoms with E-state index in [1.807, 2.05) is 0 Å². The van der Waals surface area contributed by atoms with Crippen LogP contribution in [-0.2, 0) is 16.1 Å². The standard InChI is InChI=1S/C15H18N4O4/c1-9(2)17-12(20)7-16-13(21)8-19-15(23)11-6-4-3-5-10(11)14(22)18-19/h3-6,9H,7-8H2,1-2H3,(H,16,21)(H,17,20)(H,18,22). The molecule has 0 saturated heterocycles. The summed E-state index contributed by atoms with van der Waals surface area (Å²) in [6, 6.07) is 6.33. The Balaban J connectivity index is 2.12. The number of carbonyl (C=O) groups excluding carboxylic acids is 2. The number of aromatic nitrogens is 2. The number of nitrogens with one attached hydrogen (secondary N) is 3. The van der Waals surface area contributed by atoms with Gasteiger partial charge in [-0.3, -0.25) is 24.3 Å². The van der Waals surface area contributed by atoms with Crippen LogP contribution in [0, 0.1) is 0 Å². The first-order valence-electron chi connectivity index (χ1n) is 7.16. The number of hydrogen-bond acceptors (Lipinski definition) is 4. The van der Waals surface area contributed by atoms with E-state index in [1.165, 1.54) is 12.1 Å². The molecule has 1 aromatic carbocycles. The van der Waals surface area contributed by atoms with E-state index < -0.39 is 17.0 Å². The molecule has 2 aromatic rings. The predicted molar refractivity (Wildman–Crippen MR) is 85.1 cm³/mol. The third-order valence-corrected chi connectivity index (χ3v) is 3.08. The lowest BCUT2D eigenvalue weighted by atomic mass is 10.2. The van der Waals surface area contributed by atoms with Gasteiger partial charge in [0.2, 0.25) is 11.8 Å². The Morgan fingerprint density at radius 3 is 2.43 bits per heavy atom. The van der Waals surface area contributed by atoms with Gasteiger partial charge in [-0.2, -0.15) is 0 Å². The molecule has 8 nitrogen and oxygen atoms in total. The number of fused-ring (bicyclic) bond motifs is 1. The first-order valence-corrected chi connectivity index (χ1v) is 7.16. The lowest BCUT2D eigenvalue weighted by molar-refractivity contribution is -0.126. The van der Waals surface area contributed by atoms with Crippen LogP contribution >= 0.6 is 0 Å². The fraction of sp³-hybridized carbons (Fsp3) is 0.333. The van der Waals surface area contributed by atoms with Gasteiger partial charge in [0.15, 0.2) is 0 Å². The third-order valence-electron chi connectivity index (χ3n) is 3.08. The van der Waals surface area contributed by atoms with E-state index in [4.69, 9.17) is 0 Å². The van der Waals surface area contributed by atoms with Crippen molar-refractivity contribution in [3.8, 4) is 0 Å². The van der Waals surface area contributed by atoms with Crippen LogP contribution in [0.25, 0.3) is 10.8 Å². The Labute approximate surface area is 131 Å². The van der Waals surface area contributed by atoms with E-state index in [-0.39, 0.29) is 35.8 Å². The molecule has 0 aliphatic carbocycles. The average Bonchev–Trinajstić information content (AvgIpc) is 2.50. The highest BCUT2D eigenvalue weighted by molar-refractivity contribution is 5.85. The molecule has 0 bridgehead atoms. The largest absolute Gasteiger partial charge is 0.352 e. The van der Waals surface area contributed by atoms with Gasteiger partial charge in [-0.1, -0.05) is 12.1 Å². The summed E-state index contributed by atoms with van der Waals surface area (Å²) >= 11 is 0. The molecular formula is C15H18N4O4. The number of rotatable bonds is 5. The van der Waals surface area contributed by atoms with Gasteiger partial charge in [-0.25, -0.2) is 4.68 Å². The van der Waals surface area contributed by atoms with Crippen LogP contribution in [0.1, 0.15) is 13.8 Å². The molecule has 0 unspecified atom stereocenters. The van der Waals surface area contributed by atoms with Crippen molar-refractivity contribution in [1.29, 1.82) is 0 Å². The normalized spacial score (nSPS) is 10.7. The molecule has 0 radical (unpaired) electrons. The average molecular weight is 318 g/mol. The molecule has 23 heavy (non-hydrogen) atoms. The molecule has 0 aliphatic rings. The Hall–Kier alpha value is -2.90. The van der Waals surface area contributed by atoms with E-state index in [2.05, 4.69) is 15.7 Å². The molecular weight excluding hydrogens is 300 g/mol. The molecule has 0 spiro atoms. The van der Waals surface area contributed by atoms with E-state index >= 15 is 0 Å². The zero-order valence-electron chi connectivity index (χ0n) is 12.9. The number of hydrogen-bond donors (Lipinski definition) is 3. The van der Waals surface area contributed by atoms with Gasteiger partial charge in [0, 0.05) is 6.04 Å². The van der Waals surface area contributed by atoms with Crippen molar-refractivity contribution in [3.05, 3.63) is 45.0 Å². The van der Waals surface area contributed by atoms with Crippen LogP contribution in [0.4, 0.5) is 0 Å². The summed E-state index contributed by atoms with van der Waals surface area (Å²) in [7, 11) is 0. The van der Waals surface area contributed by atoms with Crippen LogP contribution in [-0.4, -0.2) is 34.2 Å². The lowest BCUT2D eigenvalue weighted by Gasteiger charge is -2.10. The second-order valence-electron chi connectivity index (χ2n) is 5.38. The van der Waals surface area contributed by atoms with Gasteiger partial charge in [0.05, 0.1) is 17.3 Å². The number of nitrogens with zero attached hydrogens (tertiary/aromatic N) is 1. The zero-order chi connectivity index (χ0) is 17.0. The van der Waals surface area contributed by atoms with Gasteiger partial charge in [0.1, 0.15) is 6.54 Å². The minimum absolute atomic E-state index is 0.0288. The van der Waals surface area contributed by atoms with Crippen LogP contribution < -0.4 is 21.8 Å². The van der Waals surface area contributed by atoms with Crippen LogP contribution in [0.5, 0.6) is 0 Å². The predicted octanol–water partition coefficient (Wildman–Crippen LogP) is -0.669.